The van der Waals surface area contributed by atoms with Crippen molar-refractivity contribution in [3.63, 3.8) is 0 Å². The van der Waals surface area contributed by atoms with Crippen molar-refractivity contribution >= 4 is 0 Å². The fourth-order valence-electron chi connectivity index (χ4n) is 2.21. The van der Waals surface area contributed by atoms with Crippen LogP contribution in [0.1, 0.15) is 47.0 Å². The van der Waals surface area contributed by atoms with Crippen molar-refractivity contribution in [3.8, 4) is 0 Å². The molecule has 1 aliphatic rings. The molecule has 0 aromatic carbocycles. The maximum Gasteiger partial charge on any atom is -0.0203 e. The van der Waals surface area contributed by atoms with Crippen LogP contribution in [0.4, 0.5) is 0 Å². The summed E-state index contributed by atoms with van der Waals surface area (Å²) in [5, 5.41) is 0. The number of hydrogen-bond donors (Lipinski definition) is 0. The molecule has 0 aliphatic heterocycles. The second-order valence-corrected chi connectivity index (χ2v) is 3.96. The molecule has 11 heavy (non-hydrogen) atoms. The summed E-state index contributed by atoms with van der Waals surface area (Å²) < 4.78 is 0. The highest BCUT2D eigenvalue weighted by Crippen LogP contribution is 2.35. The Kier molecular flexibility index (Phi) is 2.75. The second kappa shape index (κ2) is 3.42. The summed E-state index contributed by atoms with van der Waals surface area (Å²) in [5.41, 5.74) is 3.39. The maximum absolute atomic E-state index is 2.38. The van der Waals surface area contributed by atoms with Crippen LogP contribution in [-0.2, 0) is 0 Å². The summed E-state index contributed by atoms with van der Waals surface area (Å²) in [6.45, 7) is 9.35. The van der Waals surface area contributed by atoms with Gasteiger partial charge in [-0.2, -0.15) is 0 Å². The van der Waals surface area contributed by atoms with Crippen LogP contribution in [0.25, 0.3) is 0 Å². The molecule has 0 aromatic rings. The van der Waals surface area contributed by atoms with Gasteiger partial charge in [0.1, 0.15) is 0 Å². The summed E-state index contributed by atoms with van der Waals surface area (Å²) in [5.74, 6) is 1.75. The summed E-state index contributed by atoms with van der Waals surface area (Å²) >= 11 is 0. The topological polar surface area (TPSA) is 0 Å². The lowest BCUT2D eigenvalue weighted by atomic mass is 9.76. The van der Waals surface area contributed by atoms with E-state index in [0.29, 0.717) is 0 Å². The van der Waals surface area contributed by atoms with E-state index in [0.717, 1.165) is 11.8 Å². The molecule has 0 aromatic heterocycles. The van der Waals surface area contributed by atoms with Crippen LogP contribution < -0.4 is 0 Å². The summed E-state index contributed by atoms with van der Waals surface area (Å²) in [7, 11) is 0. The molecule has 2 atom stereocenters. The molecule has 0 N–H and O–H groups in total. The lowest BCUT2D eigenvalue weighted by Crippen LogP contribution is -2.16. The van der Waals surface area contributed by atoms with E-state index in [-0.39, 0.29) is 0 Å². The molecule has 0 radical (unpaired) electrons. The van der Waals surface area contributed by atoms with Crippen molar-refractivity contribution in [1.29, 1.82) is 0 Å². The van der Waals surface area contributed by atoms with Gasteiger partial charge in [-0.15, -0.1) is 0 Å². The first kappa shape index (κ1) is 8.83. The molecule has 2 unspecified atom stereocenters. The SMILES string of the molecule is CCC1=C(C)CCC(C)C1C. The van der Waals surface area contributed by atoms with Crippen molar-refractivity contribution in [2.24, 2.45) is 11.8 Å². The third kappa shape index (κ3) is 1.66. The van der Waals surface area contributed by atoms with E-state index >= 15 is 0 Å². The van der Waals surface area contributed by atoms with E-state index in [2.05, 4.69) is 27.7 Å². The zero-order valence-corrected chi connectivity index (χ0v) is 8.28. The Balaban J connectivity index is 2.80. The number of rotatable bonds is 1. The zero-order valence-electron chi connectivity index (χ0n) is 8.28. The molecule has 0 heterocycles. The Morgan fingerprint density at radius 3 is 2.45 bits per heavy atom. The minimum atomic E-state index is 0.841. The highest BCUT2D eigenvalue weighted by molar-refractivity contribution is 5.18. The Morgan fingerprint density at radius 1 is 1.36 bits per heavy atom. The quantitative estimate of drug-likeness (QED) is 0.502. The van der Waals surface area contributed by atoms with Gasteiger partial charge < -0.3 is 0 Å². The molecule has 0 saturated carbocycles. The van der Waals surface area contributed by atoms with E-state index in [1.54, 1.807) is 11.1 Å². The van der Waals surface area contributed by atoms with Crippen molar-refractivity contribution < 1.29 is 0 Å². The predicted molar refractivity (Wildman–Crippen MR) is 50.6 cm³/mol. The Labute approximate surface area is 70.7 Å². The van der Waals surface area contributed by atoms with Gasteiger partial charge in [-0.1, -0.05) is 31.9 Å². The Bertz CT molecular complexity index is 165. The summed E-state index contributed by atoms with van der Waals surface area (Å²) in [4.78, 5) is 0. The van der Waals surface area contributed by atoms with Gasteiger partial charge in [-0.05, 0) is 38.0 Å². The summed E-state index contributed by atoms with van der Waals surface area (Å²) in [6, 6.07) is 0. The van der Waals surface area contributed by atoms with Gasteiger partial charge in [0.05, 0.1) is 0 Å². The van der Waals surface area contributed by atoms with Gasteiger partial charge in [-0.3, -0.25) is 0 Å². The van der Waals surface area contributed by atoms with E-state index in [4.69, 9.17) is 0 Å². The molecule has 0 nitrogen and oxygen atoms in total. The minimum Gasteiger partial charge on any atom is -0.0738 e. The van der Waals surface area contributed by atoms with Crippen LogP contribution in [0.3, 0.4) is 0 Å². The van der Waals surface area contributed by atoms with E-state index < -0.39 is 0 Å². The van der Waals surface area contributed by atoms with Gasteiger partial charge in [0.15, 0.2) is 0 Å². The molecule has 0 spiro atoms. The number of hydrogen-bond acceptors (Lipinski definition) is 0. The molecule has 1 aliphatic carbocycles. The van der Waals surface area contributed by atoms with E-state index in [1.807, 2.05) is 0 Å². The van der Waals surface area contributed by atoms with Crippen LogP contribution >= 0.6 is 0 Å². The van der Waals surface area contributed by atoms with Crippen LogP contribution in [-0.4, -0.2) is 0 Å². The van der Waals surface area contributed by atoms with Gasteiger partial charge in [0.25, 0.3) is 0 Å². The average molecular weight is 152 g/mol. The first-order chi connectivity index (χ1) is 5.16. The first-order valence-electron chi connectivity index (χ1n) is 4.85. The zero-order chi connectivity index (χ0) is 8.43. The van der Waals surface area contributed by atoms with Crippen LogP contribution in [0.5, 0.6) is 0 Å². The van der Waals surface area contributed by atoms with Gasteiger partial charge in [0.2, 0.25) is 0 Å². The van der Waals surface area contributed by atoms with Crippen molar-refractivity contribution in [2.45, 2.75) is 47.0 Å². The molecular formula is C11H20. The van der Waals surface area contributed by atoms with Crippen LogP contribution in [0.2, 0.25) is 0 Å². The Morgan fingerprint density at radius 2 is 2.00 bits per heavy atom. The third-order valence-electron chi connectivity index (χ3n) is 3.31. The molecule has 0 fully saturated rings. The third-order valence-corrected chi connectivity index (χ3v) is 3.31. The largest absolute Gasteiger partial charge is 0.0738 e. The van der Waals surface area contributed by atoms with E-state index in [9.17, 15) is 0 Å². The molecule has 0 bridgehead atoms. The summed E-state index contributed by atoms with van der Waals surface area (Å²) in [6.07, 6.45) is 4.00. The highest BCUT2D eigenvalue weighted by Gasteiger charge is 2.21. The Hall–Kier alpha value is -0.260. The van der Waals surface area contributed by atoms with Crippen LogP contribution in [0, 0.1) is 11.8 Å². The fourth-order valence-corrected chi connectivity index (χ4v) is 2.21. The molecule has 0 heteroatoms. The van der Waals surface area contributed by atoms with Crippen molar-refractivity contribution in [2.75, 3.05) is 0 Å². The maximum atomic E-state index is 2.38. The van der Waals surface area contributed by atoms with Gasteiger partial charge in [0, 0.05) is 0 Å². The molecule has 0 amide bonds. The lowest BCUT2D eigenvalue weighted by Gasteiger charge is -2.29. The van der Waals surface area contributed by atoms with Gasteiger partial charge >= 0.3 is 0 Å². The van der Waals surface area contributed by atoms with E-state index in [1.165, 1.54) is 19.3 Å². The lowest BCUT2D eigenvalue weighted by molar-refractivity contribution is 0.376. The van der Waals surface area contributed by atoms with Crippen molar-refractivity contribution in [3.05, 3.63) is 11.1 Å². The highest BCUT2D eigenvalue weighted by atomic mass is 14.3. The first-order valence-corrected chi connectivity index (χ1v) is 4.85. The standard InChI is InChI=1S/C11H20/c1-5-11-9(3)7-6-8(2)10(11)4/h8,10H,5-7H2,1-4H3. The molecule has 1 rings (SSSR count). The number of allylic oxidation sites excluding steroid dienone is 2. The average Bonchev–Trinajstić information content (AvgIpc) is 1.99. The van der Waals surface area contributed by atoms with Crippen molar-refractivity contribution in [1.82, 2.24) is 0 Å². The normalized spacial score (nSPS) is 32.7. The molecule has 0 saturated heterocycles. The smallest absolute Gasteiger partial charge is 0.0203 e. The van der Waals surface area contributed by atoms with Gasteiger partial charge in [-0.25, -0.2) is 0 Å². The van der Waals surface area contributed by atoms with Crippen LogP contribution in [0.15, 0.2) is 11.1 Å². The molecule has 64 valence electrons. The monoisotopic (exact) mass is 152 g/mol. The predicted octanol–water partition coefficient (Wildman–Crippen LogP) is 3.78. The fraction of sp³-hybridized carbons (Fsp3) is 0.818. The second-order valence-electron chi connectivity index (χ2n) is 3.96. The minimum absolute atomic E-state index is 0.841. The molecular weight excluding hydrogens is 132 g/mol.